The zero-order chi connectivity index (χ0) is 19.8. The number of hydrogen-bond acceptors (Lipinski definition) is 4. The van der Waals surface area contributed by atoms with E-state index in [1.807, 2.05) is 66.4 Å². The van der Waals surface area contributed by atoms with Crippen LogP contribution in [0.5, 0.6) is 0 Å². The van der Waals surface area contributed by atoms with Gasteiger partial charge in [-0.25, -0.2) is 4.98 Å². The molecule has 5 rings (SSSR count). The lowest BCUT2D eigenvalue weighted by Gasteiger charge is -2.20. The Morgan fingerprint density at radius 3 is 2.83 bits per heavy atom. The van der Waals surface area contributed by atoms with E-state index in [-0.39, 0.29) is 11.9 Å². The smallest absolute Gasteiger partial charge is 0.262 e. The summed E-state index contributed by atoms with van der Waals surface area (Å²) in [6, 6.07) is 21.5. The van der Waals surface area contributed by atoms with Crippen molar-refractivity contribution in [1.29, 1.82) is 0 Å². The first kappa shape index (κ1) is 17.5. The largest absolute Gasteiger partial charge is 0.459 e. The first-order chi connectivity index (χ1) is 14.2. The minimum absolute atomic E-state index is 0.0395. The highest BCUT2D eigenvalue weighted by Gasteiger charge is 2.27. The summed E-state index contributed by atoms with van der Waals surface area (Å²) in [5, 5.41) is 4.42. The van der Waals surface area contributed by atoms with Crippen LogP contribution in [0.4, 0.5) is 11.5 Å². The van der Waals surface area contributed by atoms with Gasteiger partial charge < -0.3 is 14.6 Å². The Hall–Kier alpha value is -3.60. The summed E-state index contributed by atoms with van der Waals surface area (Å²) < 4.78 is 5.96. The molecule has 1 aliphatic rings. The summed E-state index contributed by atoms with van der Waals surface area (Å²) in [5.74, 6) is 1.33. The number of nitrogens with one attached hydrogen (secondary N) is 1. The van der Waals surface area contributed by atoms with Crippen LogP contribution in [-0.2, 0) is 6.42 Å². The van der Waals surface area contributed by atoms with Gasteiger partial charge in [0.2, 0.25) is 0 Å². The molecule has 2 aromatic heterocycles. The van der Waals surface area contributed by atoms with Gasteiger partial charge >= 0.3 is 0 Å². The predicted molar refractivity (Wildman–Crippen MR) is 114 cm³/mol. The summed E-state index contributed by atoms with van der Waals surface area (Å²) in [6.45, 7) is 2.69. The minimum Gasteiger partial charge on any atom is -0.459 e. The van der Waals surface area contributed by atoms with Crippen LogP contribution in [0.1, 0.15) is 34.6 Å². The molecule has 1 atom stereocenters. The number of amides is 1. The first-order valence-corrected chi connectivity index (χ1v) is 9.80. The monoisotopic (exact) mass is 383 g/mol. The number of pyridine rings is 1. The quantitative estimate of drug-likeness (QED) is 0.526. The van der Waals surface area contributed by atoms with Crippen molar-refractivity contribution in [2.45, 2.75) is 19.4 Å². The van der Waals surface area contributed by atoms with Crippen molar-refractivity contribution in [1.82, 2.24) is 4.98 Å². The molecule has 3 heterocycles. The van der Waals surface area contributed by atoms with Crippen LogP contribution in [0, 0.1) is 0 Å². The first-order valence-electron chi connectivity index (χ1n) is 9.80. The molecule has 0 unspecified atom stereocenters. The average Bonchev–Trinajstić information content (AvgIpc) is 3.38. The summed E-state index contributed by atoms with van der Waals surface area (Å²) >= 11 is 0. The highest BCUT2D eigenvalue weighted by molar-refractivity contribution is 6.10. The van der Waals surface area contributed by atoms with E-state index in [0.29, 0.717) is 17.9 Å². The second-order valence-corrected chi connectivity index (χ2v) is 7.29. The zero-order valence-electron chi connectivity index (χ0n) is 16.1. The lowest BCUT2D eigenvalue weighted by Crippen LogP contribution is -2.30. The maximum absolute atomic E-state index is 13.3. The van der Waals surface area contributed by atoms with Crippen LogP contribution in [0.25, 0.3) is 11.0 Å². The molecule has 1 amide bonds. The topological polar surface area (TPSA) is 58.4 Å². The molecule has 144 valence electrons. The maximum atomic E-state index is 13.3. The molecule has 5 nitrogen and oxygen atoms in total. The zero-order valence-corrected chi connectivity index (χ0v) is 16.1. The van der Waals surface area contributed by atoms with Crippen molar-refractivity contribution >= 4 is 28.4 Å². The fourth-order valence-electron chi connectivity index (χ4n) is 3.88. The van der Waals surface area contributed by atoms with E-state index in [0.717, 1.165) is 28.8 Å². The maximum Gasteiger partial charge on any atom is 0.262 e. The van der Waals surface area contributed by atoms with Crippen molar-refractivity contribution in [2.75, 3.05) is 16.8 Å². The van der Waals surface area contributed by atoms with Crippen molar-refractivity contribution in [3.05, 3.63) is 89.8 Å². The number of benzene rings is 2. The molecule has 0 radical (unpaired) electrons. The van der Waals surface area contributed by atoms with E-state index < -0.39 is 0 Å². The summed E-state index contributed by atoms with van der Waals surface area (Å²) in [7, 11) is 0. The van der Waals surface area contributed by atoms with Crippen molar-refractivity contribution < 1.29 is 9.21 Å². The number of rotatable bonds is 4. The number of aromatic nitrogens is 1. The lowest BCUT2D eigenvalue weighted by atomic mass is 10.1. The molecule has 0 saturated carbocycles. The number of hydrogen-bond donors (Lipinski definition) is 1. The van der Waals surface area contributed by atoms with Crippen LogP contribution in [-0.4, -0.2) is 17.4 Å². The Morgan fingerprint density at radius 1 is 1.10 bits per heavy atom. The van der Waals surface area contributed by atoms with E-state index in [4.69, 9.17) is 4.42 Å². The number of anilines is 2. The molecule has 0 saturated heterocycles. The van der Waals surface area contributed by atoms with Crippen molar-refractivity contribution in [2.24, 2.45) is 0 Å². The van der Waals surface area contributed by atoms with Crippen LogP contribution in [0.15, 0.2) is 77.3 Å². The molecule has 2 aromatic carbocycles. The molecular weight excluding hydrogens is 362 g/mol. The third-order valence-electron chi connectivity index (χ3n) is 5.40. The second kappa shape index (κ2) is 7.09. The molecule has 29 heavy (non-hydrogen) atoms. The van der Waals surface area contributed by atoms with Gasteiger partial charge in [-0.1, -0.05) is 36.4 Å². The Kier molecular flexibility index (Phi) is 4.28. The van der Waals surface area contributed by atoms with Crippen molar-refractivity contribution in [3.8, 4) is 0 Å². The van der Waals surface area contributed by atoms with Gasteiger partial charge in [-0.05, 0) is 49.2 Å². The van der Waals surface area contributed by atoms with E-state index in [2.05, 4.69) is 16.4 Å². The standard InChI is InChI=1S/C24H21N3O2/c1-16(22-15-18-8-3-5-11-21(18)29-22)26-23-19(9-6-13-25-23)24(28)27-14-12-17-7-2-4-10-20(17)27/h2-11,13,15-16H,12,14H2,1H3,(H,25,26)/t16-/m1/s1. The number of nitrogens with zero attached hydrogens (tertiary/aromatic N) is 2. The van der Waals surface area contributed by atoms with Crippen LogP contribution >= 0.6 is 0 Å². The fourth-order valence-corrected chi connectivity index (χ4v) is 3.88. The molecule has 0 bridgehead atoms. The van der Waals surface area contributed by atoms with Crippen LogP contribution < -0.4 is 10.2 Å². The third-order valence-corrected chi connectivity index (χ3v) is 5.40. The second-order valence-electron chi connectivity index (χ2n) is 7.29. The molecule has 5 heteroatoms. The van der Waals surface area contributed by atoms with Gasteiger partial charge in [0.05, 0.1) is 11.6 Å². The summed E-state index contributed by atoms with van der Waals surface area (Å²) in [5.41, 5.74) is 3.60. The number of para-hydroxylation sites is 2. The Bertz CT molecular complexity index is 1160. The highest BCUT2D eigenvalue weighted by Crippen LogP contribution is 2.31. The summed E-state index contributed by atoms with van der Waals surface area (Å²) in [6.07, 6.45) is 2.57. The highest BCUT2D eigenvalue weighted by atomic mass is 16.3. The van der Waals surface area contributed by atoms with E-state index >= 15 is 0 Å². The van der Waals surface area contributed by atoms with Gasteiger partial charge in [0.15, 0.2) is 0 Å². The molecule has 1 aliphatic heterocycles. The van der Waals surface area contributed by atoms with Gasteiger partial charge in [-0.2, -0.15) is 0 Å². The number of carbonyl (C=O) groups excluding carboxylic acids is 1. The predicted octanol–water partition coefficient (Wildman–Crippen LogP) is 5.20. The molecule has 0 fully saturated rings. The SMILES string of the molecule is C[C@@H](Nc1ncccc1C(=O)N1CCc2ccccc21)c1cc2ccccc2o1. The fraction of sp³-hybridized carbons (Fsp3) is 0.167. The molecule has 0 spiro atoms. The van der Waals surface area contributed by atoms with Gasteiger partial charge in [0.25, 0.3) is 5.91 Å². The molecule has 0 aliphatic carbocycles. The van der Waals surface area contributed by atoms with E-state index in [1.54, 1.807) is 12.3 Å². The summed E-state index contributed by atoms with van der Waals surface area (Å²) in [4.78, 5) is 19.6. The minimum atomic E-state index is -0.130. The molecule has 1 N–H and O–H groups in total. The Labute approximate surface area is 169 Å². The van der Waals surface area contributed by atoms with Crippen LogP contribution in [0.3, 0.4) is 0 Å². The van der Waals surface area contributed by atoms with Gasteiger partial charge in [0, 0.05) is 23.8 Å². The average molecular weight is 383 g/mol. The van der Waals surface area contributed by atoms with Crippen LogP contribution in [0.2, 0.25) is 0 Å². The van der Waals surface area contributed by atoms with Crippen molar-refractivity contribution in [3.63, 3.8) is 0 Å². The lowest BCUT2D eigenvalue weighted by molar-refractivity contribution is 0.0990. The van der Waals surface area contributed by atoms with Gasteiger partial charge in [-0.15, -0.1) is 0 Å². The Morgan fingerprint density at radius 2 is 1.93 bits per heavy atom. The Balaban J connectivity index is 1.43. The molecular formula is C24H21N3O2. The van der Waals surface area contributed by atoms with Gasteiger partial charge in [0.1, 0.15) is 17.2 Å². The third kappa shape index (κ3) is 3.14. The van der Waals surface area contributed by atoms with E-state index in [9.17, 15) is 4.79 Å². The molecule has 4 aromatic rings. The van der Waals surface area contributed by atoms with Gasteiger partial charge in [-0.3, -0.25) is 4.79 Å². The normalized spacial score (nSPS) is 14.0. The number of carbonyl (C=O) groups is 1. The van der Waals surface area contributed by atoms with E-state index in [1.165, 1.54) is 5.56 Å². The number of furan rings is 1. The number of fused-ring (bicyclic) bond motifs is 2.